The summed E-state index contributed by atoms with van der Waals surface area (Å²) in [4.78, 5) is 12.3. The molecule has 2 N–H and O–H groups in total. The fraction of sp³-hybridized carbons (Fsp3) is 0.250. The lowest BCUT2D eigenvalue weighted by Crippen LogP contribution is -2.64. The van der Waals surface area contributed by atoms with Crippen molar-refractivity contribution in [3.63, 3.8) is 0 Å². The van der Waals surface area contributed by atoms with Crippen molar-refractivity contribution in [3.05, 3.63) is 58.9 Å². The van der Waals surface area contributed by atoms with Crippen LogP contribution in [0.25, 0.3) is 0 Å². The molecule has 1 saturated carbocycles. The number of aliphatic hydroxyl groups is 1. The molecule has 0 amide bonds. The van der Waals surface area contributed by atoms with Crippen molar-refractivity contribution in [2.45, 2.75) is 24.2 Å². The molecular formula is C20H13F4N3O3. The second-order valence-electron chi connectivity index (χ2n) is 6.71. The highest BCUT2D eigenvalue weighted by atomic mass is 19.4. The van der Waals surface area contributed by atoms with E-state index in [-0.39, 0.29) is 23.4 Å². The molecule has 0 radical (unpaired) electrons. The van der Waals surface area contributed by atoms with Crippen molar-refractivity contribution in [1.82, 2.24) is 0 Å². The second kappa shape index (κ2) is 7.65. The lowest BCUT2D eigenvalue weighted by Gasteiger charge is -2.41. The third kappa shape index (κ3) is 4.04. The van der Waals surface area contributed by atoms with Crippen LogP contribution >= 0.6 is 0 Å². The van der Waals surface area contributed by atoms with Crippen molar-refractivity contribution in [2.24, 2.45) is 0 Å². The van der Waals surface area contributed by atoms with Gasteiger partial charge in [0.1, 0.15) is 24.2 Å². The van der Waals surface area contributed by atoms with Crippen LogP contribution in [0.2, 0.25) is 0 Å². The van der Waals surface area contributed by atoms with Crippen LogP contribution in [0.3, 0.4) is 0 Å². The maximum Gasteiger partial charge on any atom is 0.417 e. The molecule has 2 atom stereocenters. The summed E-state index contributed by atoms with van der Waals surface area (Å²) in [6.07, 6.45) is -4.89. The molecule has 6 nitrogen and oxygen atoms in total. The molecule has 30 heavy (non-hydrogen) atoms. The molecule has 3 rings (SSSR count). The zero-order valence-corrected chi connectivity index (χ0v) is 15.1. The third-order valence-corrected chi connectivity index (χ3v) is 4.64. The summed E-state index contributed by atoms with van der Waals surface area (Å²) in [5.41, 5.74) is -3.79. The number of alkyl halides is 3. The van der Waals surface area contributed by atoms with Crippen LogP contribution < -0.4 is 10.1 Å². The molecule has 2 aromatic carbocycles. The fourth-order valence-corrected chi connectivity index (χ4v) is 3.02. The van der Waals surface area contributed by atoms with Gasteiger partial charge in [0.05, 0.1) is 28.8 Å². The zero-order chi connectivity index (χ0) is 22.1. The van der Waals surface area contributed by atoms with Crippen LogP contribution in [-0.2, 0) is 11.0 Å². The molecule has 0 saturated heterocycles. The van der Waals surface area contributed by atoms with Crippen LogP contribution in [0.1, 0.15) is 23.1 Å². The lowest BCUT2D eigenvalue weighted by atomic mass is 9.74. The Morgan fingerprint density at radius 2 is 1.83 bits per heavy atom. The Labute approximate surface area is 167 Å². The molecule has 154 valence electrons. The normalized spacial score (nSPS) is 20.6. The minimum atomic E-state index is -4.74. The molecule has 0 spiro atoms. The van der Waals surface area contributed by atoms with Crippen LogP contribution in [0.15, 0.2) is 36.4 Å². The van der Waals surface area contributed by atoms with Gasteiger partial charge in [0.25, 0.3) is 0 Å². The first-order valence-corrected chi connectivity index (χ1v) is 8.54. The number of carbonyl (C=O) groups excluding carboxylic acids is 1. The smallest absolute Gasteiger partial charge is 0.417 e. The minimum absolute atomic E-state index is 0.00560. The number of halogens is 4. The molecule has 10 heteroatoms. The van der Waals surface area contributed by atoms with E-state index in [1.807, 2.05) is 0 Å². The average molecular weight is 419 g/mol. The summed E-state index contributed by atoms with van der Waals surface area (Å²) in [5, 5.41) is 30.4. The van der Waals surface area contributed by atoms with Crippen LogP contribution in [-0.4, -0.2) is 29.1 Å². The highest BCUT2D eigenvalue weighted by Gasteiger charge is 2.53. The molecule has 1 fully saturated rings. The molecule has 0 aliphatic heterocycles. The monoisotopic (exact) mass is 419 g/mol. The molecule has 2 aromatic rings. The van der Waals surface area contributed by atoms with E-state index in [9.17, 15) is 27.5 Å². The van der Waals surface area contributed by atoms with Gasteiger partial charge in [-0.05, 0) is 30.3 Å². The first kappa shape index (κ1) is 21.1. The zero-order valence-electron chi connectivity index (χ0n) is 15.1. The van der Waals surface area contributed by atoms with E-state index in [0.29, 0.717) is 0 Å². The van der Waals surface area contributed by atoms with Crippen molar-refractivity contribution in [1.29, 1.82) is 10.5 Å². The van der Waals surface area contributed by atoms with Gasteiger partial charge in [0, 0.05) is 18.2 Å². The second-order valence-corrected chi connectivity index (χ2v) is 6.71. The highest BCUT2D eigenvalue weighted by Crippen LogP contribution is 2.36. The summed E-state index contributed by atoms with van der Waals surface area (Å²) in [6, 6.07) is 8.52. The SMILES string of the molecule is N#Cc1ccc(OC[C@@]2(O)CC(Nc3ccc(C#N)c(C(F)(F)F)c3)C2=O)cc1F. The quantitative estimate of drug-likeness (QED) is 0.722. The van der Waals surface area contributed by atoms with Crippen LogP contribution in [0.5, 0.6) is 5.75 Å². The predicted octanol–water partition coefficient (Wildman–Crippen LogP) is 3.15. The topological polar surface area (TPSA) is 106 Å². The van der Waals surface area contributed by atoms with Crippen molar-refractivity contribution in [2.75, 3.05) is 11.9 Å². The van der Waals surface area contributed by atoms with Gasteiger partial charge in [0.15, 0.2) is 11.4 Å². The van der Waals surface area contributed by atoms with E-state index in [4.69, 9.17) is 15.3 Å². The van der Waals surface area contributed by atoms with Crippen molar-refractivity contribution in [3.8, 4) is 17.9 Å². The van der Waals surface area contributed by atoms with Gasteiger partial charge in [-0.25, -0.2) is 4.39 Å². The van der Waals surface area contributed by atoms with Crippen molar-refractivity contribution >= 4 is 11.5 Å². The largest absolute Gasteiger partial charge is 0.490 e. The van der Waals surface area contributed by atoms with Crippen LogP contribution in [0, 0.1) is 28.5 Å². The van der Waals surface area contributed by atoms with Crippen molar-refractivity contribution < 1.29 is 32.2 Å². The number of nitriles is 2. The van der Waals surface area contributed by atoms with Gasteiger partial charge in [-0.15, -0.1) is 0 Å². The Hall–Kier alpha value is -3.63. The minimum Gasteiger partial charge on any atom is -0.490 e. The summed E-state index contributed by atoms with van der Waals surface area (Å²) >= 11 is 0. The van der Waals surface area contributed by atoms with Gasteiger partial charge in [-0.1, -0.05) is 0 Å². The fourth-order valence-electron chi connectivity index (χ4n) is 3.02. The number of anilines is 1. The first-order chi connectivity index (χ1) is 14.1. The number of ketones is 1. The van der Waals surface area contributed by atoms with Gasteiger partial charge in [-0.3, -0.25) is 4.79 Å². The summed E-state index contributed by atoms with van der Waals surface area (Å²) in [6.45, 7) is -0.490. The Balaban J connectivity index is 1.64. The van der Waals surface area contributed by atoms with E-state index in [2.05, 4.69) is 5.32 Å². The first-order valence-electron chi connectivity index (χ1n) is 8.54. The number of nitrogens with zero attached hydrogens (tertiary/aromatic N) is 2. The summed E-state index contributed by atoms with van der Waals surface area (Å²) in [7, 11) is 0. The Kier molecular flexibility index (Phi) is 5.38. The number of hydrogen-bond donors (Lipinski definition) is 2. The molecule has 0 bridgehead atoms. The maximum absolute atomic E-state index is 13.6. The summed E-state index contributed by atoms with van der Waals surface area (Å²) < 4.78 is 57.9. The van der Waals surface area contributed by atoms with E-state index < -0.39 is 47.2 Å². The average Bonchev–Trinajstić information content (AvgIpc) is 2.71. The number of hydrogen-bond acceptors (Lipinski definition) is 6. The van der Waals surface area contributed by atoms with E-state index >= 15 is 0 Å². The third-order valence-electron chi connectivity index (χ3n) is 4.64. The van der Waals surface area contributed by atoms with Gasteiger partial charge < -0.3 is 15.2 Å². The number of ether oxygens (including phenoxy) is 1. The van der Waals surface area contributed by atoms with Gasteiger partial charge in [0.2, 0.25) is 0 Å². The molecule has 1 aliphatic carbocycles. The molecule has 0 aromatic heterocycles. The lowest BCUT2D eigenvalue weighted by molar-refractivity contribution is -0.156. The van der Waals surface area contributed by atoms with Gasteiger partial charge >= 0.3 is 6.18 Å². The number of benzene rings is 2. The number of nitrogens with one attached hydrogen (secondary N) is 1. The van der Waals surface area contributed by atoms with E-state index in [0.717, 1.165) is 18.2 Å². The predicted molar refractivity (Wildman–Crippen MR) is 94.8 cm³/mol. The van der Waals surface area contributed by atoms with E-state index in [1.54, 1.807) is 6.07 Å². The molecule has 1 unspecified atom stereocenters. The number of Topliss-reactive ketones (excluding diaryl/α,β-unsaturated/α-hetero) is 1. The number of rotatable bonds is 5. The molecular weight excluding hydrogens is 406 g/mol. The highest BCUT2D eigenvalue weighted by molar-refractivity contribution is 6.00. The van der Waals surface area contributed by atoms with Crippen LogP contribution in [0.4, 0.5) is 23.2 Å². The Morgan fingerprint density at radius 3 is 2.40 bits per heavy atom. The molecule has 1 aliphatic rings. The summed E-state index contributed by atoms with van der Waals surface area (Å²) in [5.74, 6) is -1.51. The van der Waals surface area contributed by atoms with Gasteiger partial charge in [-0.2, -0.15) is 23.7 Å². The standard InChI is InChI=1S/C20H13F4N3O3/c21-16-6-14(4-2-12(16)9-26)30-10-19(29)7-17(18(19)28)27-13-3-1-11(8-25)15(5-13)20(22,23)24/h1-6,17,27,29H,7,10H2/t17?,19-/m0/s1. The van der Waals surface area contributed by atoms with E-state index in [1.165, 1.54) is 24.3 Å². The molecule has 0 heterocycles. The number of carbonyl (C=O) groups is 1. The maximum atomic E-state index is 13.6. The Morgan fingerprint density at radius 1 is 1.17 bits per heavy atom. The Bertz CT molecular complexity index is 1090.